The fourth-order valence-corrected chi connectivity index (χ4v) is 4.23. The van der Waals surface area contributed by atoms with Crippen LogP contribution in [-0.2, 0) is 9.59 Å². The van der Waals surface area contributed by atoms with Crippen molar-refractivity contribution < 1.29 is 14.3 Å². The van der Waals surface area contributed by atoms with Crippen LogP contribution in [0.3, 0.4) is 0 Å². The molecular formula is C29H30N2O3. The first-order valence-corrected chi connectivity index (χ1v) is 11.5. The topological polar surface area (TPSA) is 58.6 Å². The number of fused-ring (bicyclic) bond motifs is 1. The lowest BCUT2D eigenvalue weighted by Gasteiger charge is -2.27. The average molecular weight is 455 g/mol. The quantitative estimate of drug-likeness (QED) is 0.460. The van der Waals surface area contributed by atoms with Gasteiger partial charge >= 0.3 is 0 Å². The Labute approximate surface area is 201 Å². The summed E-state index contributed by atoms with van der Waals surface area (Å²) in [7, 11) is 0. The minimum Gasteiger partial charge on any atom is -0.490 e. The SMILES string of the molecule is C=CCN1C(=O)C(C)(C)COc2cc(NC(=O)CC(c3ccccc3)c3ccccc3)ccc21. The molecule has 1 heterocycles. The van der Waals surface area contributed by atoms with Crippen molar-refractivity contribution in [2.75, 3.05) is 23.4 Å². The predicted molar refractivity (Wildman–Crippen MR) is 136 cm³/mol. The van der Waals surface area contributed by atoms with Crippen LogP contribution in [0.1, 0.15) is 37.3 Å². The molecule has 5 heteroatoms. The lowest BCUT2D eigenvalue weighted by molar-refractivity contribution is -0.127. The van der Waals surface area contributed by atoms with Crippen molar-refractivity contribution in [1.29, 1.82) is 0 Å². The molecule has 3 aromatic rings. The van der Waals surface area contributed by atoms with E-state index in [1.165, 1.54) is 0 Å². The van der Waals surface area contributed by atoms with E-state index in [1.807, 2.05) is 86.6 Å². The van der Waals surface area contributed by atoms with Crippen LogP contribution in [0.2, 0.25) is 0 Å². The summed E-state index contributed by atoms with van der Waals surface area (Å²) >= 11 is 0. The zero-order valence-electron chi connectivity index (χ0n) is 19.7. The highest BCUT2D eigenvalue weighted by Crippen LogP contribution is 2.38. The molecule has 34 heavy (non-hydrogen) atoms. The molecule has 3 aromatic carbocycles. The number of hydrogen-bond donors (Lipinski definition) is 1. The zero-order chi connectivity index (χ0) is 24.1. The highest BCUT2D eigenvalue weighted by molar-refractivity contribution is 6.00. The second-order valence-electron chi connectivity index (χ2n) is 9.19. The van der Waals surface area contributed by atoms with Gasteiger partial charge in [-0.3, -0.25) is 9.59 Å². The maximum atomic E-state index is 13.1. The number of carbonyl (C=O) groups is 2. The van der Waals surface area contributed by atoms with Gasteiger partial charge in [-0.05, 0) is 37.1 Å². The third kappa shape index (κ3) is 5.04. The Hall–Kier alpha value is -3.86. The molecule has 0 aliphatic carbocycles. The number of amides is 2. The Bertz CT molecular complexity index is 1130. The van der Waals surface area contributed by atoms with Crippen LogP contribution >= 0.6 is 0 Å². The Morgan fingerprint density at radius 2 is 1.68 bits per heavy atom. The number of anilines is 2. The molecule has 2 amide bonds. The molecule has 0 atom stereocenters. The molecule has 0 bridgehead atoms. The van der Waals surface area contributed by atoms with E-state index in [-0.39, 0.29) is 24.3 Å². The molecule has 1 aliphatic rings. The number of rotatable bonds is 7. The molecule has 1 N–H and O–H groups in total. The molecule has 4 rings (SSSR count). The number of nitrogens with one attached hydrogen (secondary N) is 1. The highest BCUT2D eigenvalue weighted by Gasteiger charge is 2.37. The summed E-state index contributed by atoms with van der Waals surface area (Å²) in [6, 6.07) is 25.5. The second-order valence-corrected chi connectivity index (χ2v) is 9.19. The smallest absolute Gasteiger partial charge is 0.236 e. The Kier molecular flexibility index (Phi) is 6.82. The Morgan fingerprint density at radius 3 is 2.26 bits per heavy atom. The number of nitrogens with zero attached hydrogens (tertiary/aromatic N) is 1. The number of ether oxygens (including phenoxy) is 1. The van der Waals surface area contributed by atoms with Crippen LogP contribution in [0.25, 0.3) is 0 Å². The largest absolute Gasteiger partial charge is 0.490 e. The van der Waals surface area contributed by atoms with Gasteiger partial charge in [0.25, 0.3) is 0 Å². The van der Waals surface area contributed by atoms with E-state index in [9.17, 15) is 9.59 Å². The molecule has 0 aromatic heterocycles. The van der Waals surface area contributed by atoms with Gasteiger partial charge in [0.15, 0.2) is 0 Å². The molecule has 5 nitrogen and oxygen atoms in total. The van der Waals surface area contributed by atoms with E-state index >= 15 is 0 Å². The first-order valence-electron chi connectivity index (χ1n) is 11.5. The normalized spacial score (nSPS) is 14.7. The predicted octanol–water partition coefficient (Wildman–Crippen LogP) is 5.78. The molecule has 1 aliphatic heterocycles. The molecule has 0 radical (unpaired) electrons. The highest BCUT2D eigenvalue weighted by atomic mass is 16.5. The molecule has 0 spiro atoms. The minimum atomic E-state index is -0.663. The molecule has 0 fully saturated rings. The van der Waals surface area contributed by atoms with E-state index in [0.29, 0.717) is 30.1 Å². The van der Waals surface area contributed by atoms with Gasteiger partial charge in [-0.25, -0.2) is 0 Å². The molecule has 0 unspecified atom stereocenters. The van der Waals surface area contributed by atoms with Crippen LogP contribution in [0, 0.1) is 5.41 Å². The standard InChI is InChI=1S/C29H30N2O3/c1-4-17-31-25-16-15-23(18-26(25)34-20-29(2,3)28(31)33)30-27(32)19-24(21-11-7-5-8-12-21)22-13-9-6-10-14-22/h4-16,18,24H,1,17,19-20H2,2-3H3,(H,30,32). The van der Waals surface area contributed by atoms with Crippen molar-refractivity contribution in [3.63, 3.8) is 0 Å². The van der Waals surface area contributed by atoms with E-state index in [2.05, 4.69) is 11.9 Å². The Balaban J connectivity index is 1.56. The van der Waals surface area contributed by atoms with Crippen molar-refractivity contribution in [3.8, 4) is 5.75 Å². The number of benzene rings is 3. The maximum Gasteiger partial charge on any atom is 0.236 e. The lowest BCUT2D eigenvalue weighted by Crippen LogP contribution is -2.42. The molecule has 0 saturated carbocycles. The first-order chi connectivity index (χ1) is 16.4. The summed E-state index contributed by atoms with van der Waals surface area (Å²) in [5, 5.41) is 3.02. The summed E-state index contributed by atoms with van der Waals surface area (Å²) in [5.74, 6) is 0.407. The lowest BCUT2D eigenvalue weighted by atomic mass is 9.88. The van der Waals surface area contributed by atoms with Crippen molar-refractivity contribution in [3.05, 3.63) is 103 Å². The molecular weight excluding hydrogens is 424 g/mol. The maximum absolute atomic E-state index is 13.1. The average Bonchev–Trinajstić information content (AvgIpc) is 2.94. The second kappa shape index (κ2) is 9.96. The van der Waals surface area contributed by atoms with Gasteiger partial charge in [0.1, 0.15) is 12.4 Å². The monoisotopic (exact) mass is 454 g/mol. The number of hydrogen-bond acceptors (Lipinski definition) is 3. The van der Waals surface area contributed by atoms with Crippen molar-refractivity contribution in [2.45, 2.75) is 26.2 Å². The first kappa shape index (κ1) is 23.3. The van der Waals surface area contributed by atoms with Gasteiger partial charge in [0.05, 0.1) is 11.1 Å². The zero-order valence-corrected chi connectivity index (χ0v) is 19.7. The van der Waals surface area contributed by atoms with Gasteiger partial charge in [-0.2, -0.15) is 0 Å². The van der Waals surface area contributed by atoms with Gasteiger partial charge in [-0.15, -0.1) is 6.58 Å². The Morgan fingerprint density at radius 1 is 1.06 bits per heavy atom. The molecule has 0 saturated heterocycles. The van der Waals surface area contributed by atoms with Crippen molar-refractivity contribution in [1.82, 2.24) is 0 Å². The third-order valence-electron chi connectivity index (χ3n) is 6.05. The summed E-state index contributed by atoms with van der Waals surface area (Å²) in [4.78, 5) is 27.8. The fourth-order valence-electron chi connectivity index (χ4n) is 4.23. The van der Waals surface area contributed by atoms with Crippen LogP contribution in [0.15, 0.2) is 91.5 Å². The molecule has 174 valence electrons. The third-order valence-corrected chi connectivity index (χ3v) is 6.05. The van der Waals surface area contributed by atoms with Crippen LogP contribution in [0.5, 0.6) is 5.75 Å². The van der Waals surface area contributed by atoms with E-state index < -0.39 is 5.41 Å². The van der Waals surface area contributed by atoms with E-state index in [1.54, 1.807) is 17.0 Å². The van der Waals surface area contributed by atoms with Gasteiger partial charge in [0, 0.05) is 30.6 Å². The summed E-state index contributed by atoms with van der Waals surface area (Å²) < 4.78 is 6.00. The van der Waals surface area contributed by atoms with Crippen LogP contribution in [0.4, 0.5) is 11.4 Å². The van der Waals surface area contributed by atoms with Gasteiger partial charge < -0.3 is 15.0 Å². The van der Waals surface area contributed by atoms with Crippen molar-refractivity contribution in [2.24, 2.45) is 5.41 Å². The van der Waals surface area contributed by atoms with Crippen LogP contribution < -0.4 is 15.0 Å². The van der Waals surface area contributed by atoms with Crippen LogP contribution in [-0.4, -0.2) is 25.0 Å². The van der Waals surface area contributed by atoms with Crippen molar-refractivity contribution >= 4 is 23.2 Å². The van der Waals surface area contributed by atoms with E-state index in [0.717, 1.165) is 11.1 Å². The van der Waals surface area contributed by atoms with Gasteiger partial charge in [0.2, 0.25) is 11.8 Å². The van der Waals surface area contributed by atoms with E-state index in [4.69, 9.17) is 4.74 Å². The fraction of sp³-hybridized carbons (Fsp3) is 0.241. The van der Waals surface area contributed by atoms with Gasteiger partial charge in [-0.1, -0.05) is 66.7 Å². The minimum absolute atomic E-state index is 0.0171. The summed E-state index contributed by atoms with van der Waals surface area (Å²) in [6.45, 7) is 8.17. The summed E-state index contributed by atoms with van der Waals surface area (Å²) in [6.07, 6.45) is 2.01. The summed E-state index contributed by atoms with van der Waals surface area (Å²) in [5.41, 5.74) is 2.84. The number of carbonyl (C=O) groups excluding carboxylic acids is 2.